The van der Waals surface area contributed by atoms with Crippen LogP contribution in [0.25, 0.3) is 0 Å². The molecule has 1 unspecified atom stereocenters. The Bertz CT molecular complexity index is 562. The molecule has 1 atom stereocenters. The first kappa shape index (κ1) is 17.8. The maximum Gasteiger partial charge on any atom is 0.195 e. The summed E-state index contributed by atoms with van der Waals surface area (Å²) in [4.78, 5) is 21.5. The zero-order valence-corrected chi connectivity index (χ0v) is 13.0. The van der Waals surface area contributed by atoms with E-state index in [9.17, 15) is 14.7 Å². The van der Waals surface area contributed by atoms with Gasteiger partial charge in [-0.3, -0.25) is 4.79 Å². The van der Waals surface area contributed by atoms with Crippen molar-refractivity contribution in [1.82, 2.24) is 0 Å². The second-order valence-corrected chi connectivity index (χ2v) is 5.34. The Balaban J connectivity index is 0.000000346. The van der Waals surface area contributed by atoms with Gasteiger partial charge in [0.2, 0.25) is 0 Å². The van der Waals surface area contributed by atoms with E-state index in [4.69, 9.17) is 0 Å². The van der Waals surface area contributed by atoms with Gasteiger partial charge in [0.1, 0.15) is 12.4 Å². The van der Waals surface area contributed by atoms with Gasteiger partial charge in [-0.15, -0.1) is 0 Å². The van der Waals surface area contributed by atoms with E-state index in [1.165, 1.54) is 0 Å². The predicted octanol–water partition coefficient (Wildman–Crippen LogP) is 3.83. The van der Waals surface area contributed by atoms with Crippen LogP contribution in [0.15, 0.2) is 60.7 Å². The fourth-order valence-electron chi connectivity index (χ4n) is 1.74. The van der Waals surface area contributed by atoms with Crippen LogP contribution in [0.3, 0.4) is 0 Å². The molecule has 3 heteroatoms. The zero-order valence-electron chi connectivity index (χ0n) is 13.0. The SMILES string of the molecule is CC(C)CC=O.O=C(c1ccccc1)C(O)c1ccccc1. The second-order valence-electron chi connectivity index (χ2n) is 5.34. The van der Waals surface area contributed by atoms with E-state index in [2.05, 4.69) is 0 Å². The van der Waals surface area contributed by atoms with E-state index in [0.717, 1.165) is 6.29 Å². The van der Waals surface area contributed by atoms with Gasteiger partial charge in [-0.1, -0.05) is 74.5 Å². The highest BCUT2D eigenvalue weighted by atomic mass is 16.3. The minimum Gasteiger partial charge on any atom is -0.380 e. The van der Waals surface area contributed by atoms with Crippen molar-refractivity contribution in [1.29, 1.82) is 0 Å². The summed E-state index contributed by atoms with van der Waals surface area (Å²) in [5.41, 5.74) is 1.15. The van der Waals surface area contributed by atoms with E-state index in [1.807, 2.05) is 26.0 Å². The summed E-state index contributed by atoms with van der Waals surface area (Å²) < 4.78 is 0. The molecule has 1 N–H and O–H groups in total. The third-order valence-corrected chi connectivity index (χ3v) is 2.99. The van der Waals surface area contributed by atoms with Crippen molar-refractivity contribution in [3.8, 4) is 0 Å². The van der Waals surface area contributed by atoms with Gasteiger partial charge < -0.3 is 9.90 Å². The molecule has 2 rings (SSSR count). The molecule has 0 aliphatic rings. The molecule has 0 saturated carbocycles. The summed E-state index contributed by atoms with van der Waals surface area (Å²) >= 11 is 0. The Morgan fingerprint density at radius 2 is 1.50 bits per heavy atom. The van der Waals surface area contributed by atoms with E-state index < -0.39 is 6.10 Å². The van der Waals surface area contributed by atoms with Crippen molar-refractivity contribution < 1.29 is 14.7 Å². The van der Waals surface area contributed by atoms with Crippen LogP contribution in [0, 0.1) is 5.92 Å². The van der Waals surface area contributed by atoms with Crippen LogP contribution in [0.4, 0.5) is 0 Å². The monoisotopic (exact) mass is 298 g/mol. The molecule has 0 radical (unpaired) electrons. The summed E-state index contributed by atoms with van der Waals surface area (Å²) in [5.74, 6) is 0.259. The van der Waals surface area contributed by atoms with Crippen LogP contribution >= 0.6 is 0 Å². The Morgan fingerprint density at radius 1 is 1.00 bits per heavy atom. The van der Waals surface area contributed by atoms with Crippen LogP contribution in [0.2, 0.25) is 0 Å². The molecule has 0 aliphatic heterocycles. The van der Waals surface area contributed by atoms with E-state index in [0.29, 0.717) is 23.5 Å². The maximum atomic E-state index is 11.9. The molecule has 0 aliphatic carbocycles. The van der Waals surface area contributed by atoms with Crippen molar-refractivity contribution in [2.75, 3.05) is 0 Å². The minimum absolute atomic E-state index is 0.271. The topological polar surface area (TPSA) is 54.4 Å². The number of hydrogen-bond donors (Lipinski definition) is 1. The number of aliphatic hydroxyl groups is 1. The molecular weight excluding hydrogens is 276 g/mol. The number of carbonyl (C=O) groups is 2. The maximum absolute atomic E-state index is 11.9. The summed E-state index contributed by atoms with van der Waals surface area (Å²) in [6.45, 7) is 4.04. The number of hydrogen-bond acceptors (Lipinski definition) is 3. The highest BCUT2D eigenvalue weighted by molar-refractivity contribution is 5.99. The zero-order chi connectivity index (χ0) is 16.4. The summed E-state index contributed by atoms with van der Waals surface area (Å²) in [5, 5.41) is 9.89. The lowest BCUT2D eigenvalue weighted by Gasteiger charge is -2.09. The smallest absolute Gasteiger partial charge is 0.195 e. The quantitative estimate of drug-likeness (QED) is 0.674. The Morgan fingerprint density at radius 3 is 1.91 bits per heavy atom. The highest BCUT2D eigenvalue weighted by Crippen LogP contribution is 2.17. The molecule has 0 bridgehead atoms. The number of carbonyl (C=O) groups excluding carboxylic acids is 2. The van der Waals surface area contributed by atoms with Gasteiger partial charge in [0, 0.05) is 12.0 Å². The fraction of sp³-hybridized carbons (Fsp3) is 0.263. The molecule has 0 saturated heterocycles. The molecule has 0 aromatic heterocycles. The summed E-state index contributed by atoms with van der Waals surface area (Å²) in [6.07, 6.45) is 0.564. The Kier molecular flexibility index (Phi) is 7.79. The molecule has 116 valence electrons. The van der Waals surface area contributed by atoms with Crippen LogP contribution < -0.4 is 0 Å². The van der Waals surface area contributed by atoms with E-state index in [-0.39, 0.29) is 5.78 Å². The summed E-state index contributed by atoms with van der Waals surface area (Å²) in [7, 11) is 0. The second kappa shape index (κ2) is 9.64. The lowest BCUT2D eigenvalue weighted by molar-refractivity contribution is -0.108. The van der Waals surface area contributed by atoms with Crippen LogP contribution in [-0.2, 0) is 4.79 Å². The van der Waals surface area contributed by atoms with Crippen LogP contribution in [0.1, 0.15) is 42.3 Å². The molecule has 0 amide bonds. The molecular formula is C19H22O3. The molecule has 2 aromatic carbocycles. The van der Waals surface area contributed by atoms with Gasteiger partial charge in [-0.2, -0.15) is 0 Å². The average Bonchev–Trinajstić information content (AvgIpc) is 2.55. The lowest BCUT2D eigenvalue weighted by atomic mass is 10.0. The van der Waals surface area contributed by atoms with Crippen molar-refractivity contribution in [2.45, 2.75) is 26.4 Å². The number of benzene rings is 2. The van der Waals surface area contributed by atoms with Gasteiger partial charge in [0.15, 0.2) is 5.78 Å². The van der Waals surface area contributed by atoms with E-state index >= 15 is 0 Å². The largest absolute Gasteiger partial charge is 0.380 e. The lowest BCUT2D eigenvalue weighted by Crippen LogP contribution is -2.11. The highest BCUT2D eigenvalue weighted by Gasteiger charge is 2.18. The average molecular weight is 298 g/mol. The van der Waals surface area contributed by atoms with Gasteiger partial charge in [0.25, 0.3) is 0 Å². The summed E-state index contributed by atoms with van der Waals surface area (Å²) in [6, 6.07) is 17.7. The van der Waals surface area contributed by atoms with Gasteiger partial charge in [-0.05, 0) is 11.5 Å². The van der Waals surface area contributed by atoms with Gasteiger partial charge in [0.05, 0.1) is 0 Å². The first-order valence-corrected chi connectivity index (χ1v) is 7.32. The van der Waals surface area contributed by atoms with Crippen LogP contribution in [0.5, 0.6) is 0 Å². The van der Waals surface area contributed by atoms with Crippen molar-refractivity contribution in [3.63, 3.8) is 0 Å². The van der Waals surface area contributed by atoms with Crippen molar-refractivity contribution >= 4 is 12.1 Å². The van der Waals surface area contributed by atoms with Crippen molar-refractivity contribution in [3.05, 3.63) is 71.8 Å². The minimum atomic E-state index is -1.08. The molecule has 0 heterocycles. The molecule has 0 fully saturated rings. The van der Waals surface area contributed by atoms with Gasteiger partial charge >= 0.3 is 0 Å². The number of aliphatic hydroxyl groups excluding tert-OH is 1. The Hall–Kier alpha value is -2.26. The standard InChI is InChI=1S/C14H12O2.C5H10O/c15-13(11-7-3-1-4-8-11)14(16)12-9-5-2-6-10-12;1-5(2)3-4-6/h1-10,13,15H;4-5H,3H2,1-2H3. The van der Waals surface area contributed by atoms with Crippen molar-refractivity contribution in [2.24, 2.45) is 5.92 Å². The predicted molar refractivity (Wildman–Crippen MR) is 87.7 cm³/mol. The first-order chi connectivity index (χ1) is 10.6. The van der Waals surface area contributed by atoms with E-state index in [1.54, 1.807) is 48.5 Å². The third-order valence-electron chi connectivity index (χ3n) is 2.99. The molecule has 22 heavy (non-hydrogen) atoms. The number of ketones is 1. The molecule has 0 spiro atoms. The molecule has 3 nitrogen and oxygen atoms in total. The number of Topliss-reactive ketones (excluding diaryl/α,β-unsaturated/α-hetero) is 1. The third kappa shape index (κ3) is 6.02. The fourth-order valence-corrected chi connectivity index (χ4v) is 1.74. The molecule has 2 aromatic rings. The Labute approximate surface area is 131 Å². The number of rotatable bonds is 5. The first-order valence-electron chi connectivity index (χ1n) is 7.32. The number of aldehydes is 1. The van der Waals surface area contributed by atoms with Crippen LogP contribution in [-0.4, -0.2) is 17.2 Å². The normalized spacial score (nSPS) is 11.3. The van der Waals surface area contributed by atoms with Gasteiger partial charge in [-0.25, -0.2) is 0 Å².